The summed E-state index contributed by atoms with van der Waals surface area (Å²) in [6.45, 7) is -0.298. The second-order valence-corrected chi connectivity index (χ2v) is 3.23. The minimum absolute atomic E-state index is 0.298. The molecule has 6 nitrogen and oxygen atoms in total. The molecular weight excluding hydrogens is 190 g/mol. The molecule has 0 saturated carbocycles. The fourth-order valence-corrected chi connectivity index (χ4v) is 1.60. The van der Waals surface area contributed by atoms with Gasteiger partial charge in [-0.15, -0.1) is 0 Å². The highest BCUT2D eigenvalue weighted by Gasteiger charge is 2.43. The van der Waals surface area contributed by atoms with Gasteiger partial charge < -0.3 is 30.2 Å². The van der Waals surface area contributed by atoms with E-state index in [2.05, 4.69) is 0 Å². The van der Waals surface area contributed by atoms with E-state index in [9.17, 15) is 5.11 Å². The Morgan fingerprint density at radius 2 is 2.00 bits per heavy atom. The van der Waals surface area contributed by atoms with Crippen molar-refractivity contribution in [3.63, 3.8) is 0 Å². The van der Waals surface area contributed by atoms with Gasteiger partial charge >= 0.3 is 0 Å². The van der Waals surface area contributed by atoms with E-state index in [0.717, 1.165) is 0 Å². The van der Waals surface area contributed by atoms with E-state index in [-0.39, 0.29) is 6.61 Å². The van der Waals surface area contributed by atoms with Gasteiger partial charge in [-0.05, 0) is 0 Å². The first-order valence-electron chi connectivity index (χ1n) is 4.41. The van der Waals surface area contributed by atoms with Crippen molar-refractivity contribution in [1.29, 1.82) is 0 Å². The average Bonchev–Trinajstić information content (AvgIpc) is 2.19. The summed E-state index contributed by atoms with van der Waals surface area (Å²) in [7, 11) is 2.89. The molecule has 1 heterocycles. The molecule has 0 amide bonds. The molecule has 14 heavy (non-hydrogen) atoms. The molecule has 0 aromatic heterocycles. The summed E-state index contributed by atoms with van der Waals surface area (Å²) in [6.07, 6.45) is -2.91. The summed E-state index contributed by atoms with van der Waals surface area (Å²) < 4.78 is 15.2. The number of hydrogen-bond acceptors (Lipinski definition) is 6. The summed E-state index contributed by atoms with van der Waals surface area (Å²) in [5.74, 6) is 0. The van der Waals surface area contributed by atoms with Crippen molar-refractivity contribution in [1.82, 2.24) is 0 Å². The highest BCUT2D eigenvalue weighted by molar-refractivity contribution is 4.92. The van der Waals surface area contributed by atoms with Crippen LogP contribution in [0.1, 0.15) is 0 Å². The molecule has 4 N–H and O–H groups in total. The van der Waals surface area contributed by atoms with Gasteiger partial charge in [0, 0.05) is 14.2 Å². The quantitative estimate of drug-likeness (QED) is 0.498. The number of rotatable bonds is 3. The van der Waals surface area contributed by atoms with Gasteiger partial charge in [-0.25, -0.2) is 0 Å². The van der Waals surface area contributed by atoms with Crippen molar-refractivity contribution in [3.05, 3.63) is 0 Å². The normalized spacial score (nSPS) is 43.9. The van der Waals surface area contributed by atoms with Crippen LogP contribution in [-0.2, 0) is 14.2 Å². The Labute approximate surface area is 82.6 Å². The van der Waals surface area contributed by atoms with Gasteiger partial charge in [0.25, 0.3) is 0 Å². The number of ether oxygens (including phenoxy) is 3. The molecule has 0 spiro atoms. The van der Waals surface area contributed by atoms with Crippen molar-refractivity contribution < 1.29 is 24.4 Å². The second-order valence-electron chi connectivity index (χ2n) is 3.23. The van der Waals surface area contributed by atoms with Gasteiger partial charge in [0.05, 0.1) is 12.6 Å². The van der Waals surface area contributed by atoms with Crippen LogP contribution in [0, 0.1) is 0 Å². The van der Waals surface area contributed by atoms with Crippen molar-refractivity contribution in [2.75, 3.05) is 20.8 Å². The molecule has 0 aromatic rings. The molecule has 6 heteroatoms. The zero-order chi connectivity index (χ0) is 10.7. The van der Waals surface area contributed by atoms with Crippen LogP contribution >= 0.6 is 0 Å². The van der Waals surface area contributed by atoms with Crippen LogP contribution in [-0.4, -0.2) is 61.7 Å². The number of hydrogen-bond donors (Lipinski definition) is 3. The molecule has 1 saturated heterocycles. The van der Waals surface area contributed by atoms with Gasteiger partial charge in [-0.3, -0.25) is 0 Å². The van der Waals surface area contributed by atoms with Gasteiger partial charge in [-0.1, -0.05) is 0 Å². The van der Waals surface area contributed by atoms with E-state index in [1.54, 1.807) is 0 Å². The lowest BCUT2D eigenvalue weighted by Crippen LogP contribution is -2.62. The average molecular weight is 207 g/mol. The highest BCUT2D eigenvalue weighted by atomic mass is 16.7. The first kappa shape index (κ1) is 11.8. The van der Waals surface area contributed by atoms with Crippen molar-refractivity contribution in [2.45, 2.75) is 30.6 Å². The van der Waals surface area contributed by atoms with Crippen LogP contribution in [0.15, 0.2) is 0 Å². The van der Waals surface area contributed by atoms with Gasteiger partial charge in [-0.2, -0.15) is 0 Å². The maximum absolute atomic E-state index is 9.67. The molecule has 1 aliphatic heterocycles. The summed E-state index contributed by atoms with van der Waals surface area (Å²) >= 11 is 0. The van der Waals surface area contributed by atoms with Gasteiger partial charge in [0.15, 0.2) is 6.29 Å². The SMILES string of the molecule is COC1OC(CO)C(O)[C@H](OC)C1N. The van der Waals surface area contributed by atoms with Gasteiger partial charge in [0.1, 0.15) is 18.3 Å². The maximum atomic E-state index is 9.67. The zero-order valence-electron chi connectivity index (χ0n) is 8.29. The molecule has 0 aliphatic carbocycles. The van der Waals surface area contributed by atoms with Crippen LogP contribution in [0.4, 0.5) is 0 Å². The Kier molecular flexibility index (Phi) is 4.24. The standard InChI is InChI=1S/C8H17NO5/c1-12-7-5(9)8(13-2)14-4(3-10)6(7)11/h4-8,10-11H,3,9H2,1-2H3/t4?,5?,6?,7-,8?/m1/s1. The summed E-state index contributed by atoms with van der Waals surface area (Å²) in [5.41, 5.74) is 5.73. The lowest BCUT2D eigenvalue weighted by atomic mass is 9.97. The van der Waals surface area contributed by atoms with Crippen molar-refractivity contribution >= 4 is 0 Å². The molecule has 1 fully saturated rings. The lowest BCUT2D eigenvalue weighted by molar-refractivity contribution is -0.261. The van der Waals surface area contributed by atoms with Crippen LogP contribution in [0.25, 0.3) is 0 Å². The van der Waals surface area contributed by atoms with Gasteiger partial charge in [0.2, 0.25) is 0 Å². The molecule has 0 bridgehead atoms. The van der Waals surface area contributed by atoms with E-state index in [1.807, 2.05) is 0 Å². The van der Waals surface area contributed by atoms with Crippen LogP contribution in [0.5, 0.6) is 0 Å². The first-order valence-corrected chi connectivity index (χ1v) is 4.41. The monoisotopic (exact) mass is 207 g/mol. The largest absolute Gasteiger partial charge is 0.394 e. The molecule has 1 rings (SSSR count). The first-order chi connectivity index (χ1) is 6.65. The minimum Gasteiger partial charge on any atom is -0.394 e. The zero-order valence-corrected chi connectivity index (χ0v) is 8.29. The molecule has 1 aliphatic rings. The van der Waals surface area contributed by atoms with Crippen LogP contribution < -0.4 is 5.73 Å². The molecule has 5 atom stereocenters. The topological polar surface area (TPSA) is 94.2 Å². The van der Waals surface area contributed by atoms with E-state index in [1.165, 1.54) is 14.2 Å². The predicted octanol–water partition coefficient (Wildman–Crippen LogP) is -1.95. The highest BCUT2D eigenvalue weighted by Crippen LogP contribution is 2.21. The van der Waals surface area contributed by atoms with Crippen molar-refractivity contribution in [2.24, 2.45) is 5.73 Å². The Morgan fingerprint density at radius 3 is 2.43 bits per heavy atom. The number of aliphatic hydroxyl groups is 2. The Bertz CT molecular complexity index is 163. The van der Waals surface area contributed by atoms with Crippen molar-refractivity contribution in [3.8, 4) is 0 Å². The van der Waals surface area contributed by atoms with E-state index in [0.29, 0.717) is 0 Å². The van der Waals surface area contributed by atoms with Crippen LogP contribution in [0.3, 0.4) is 0 Å². The molecule has 0 aromatic carbocycles. The molecule has 84 valence electrons. The summed E-state index contributed by atoms with van der Waals surface area (Å²) in [6, 6.07) is -0.567. The Balaban J connectivity index is 2.72. The molecule has 4 unspecified atom stereocenters. The second kappa shape index (κ2) is 5.01. The lowest BCUT2D eigenvalue weighted by Gasteiger charge is -2.41. The fraction of sp³-hybridized carbons (Fsp3) is 1.00. The Hall–Kier alpha value is -0.240. The third-order valence-corrected chi connectivity index (χ3v) is 2.40. The number of aliphatic hydroxyl groups excluding tert-OH is 2. The Morgan fingerprint density at radius 1 is 1.36 bits per heavy atom. The molecule has 0 radical (unpaired) electrons. The number of methoxy groups -OCH3 is 2. The molecular formula is C8H17NO5. The minimum atomic E-state index is -0.939. The summed E-state index contributed by atoms with van der Waals surface area (Å²) in [5, 5.41) is 18.6. The maximum Gasteiger partial charge on any atom is 0.175 e. The van der Waals surface area contributed by atoms with Crippen LogP contribution in [0.2, 0.25) is 0 Å². The number of nitrogens with two attached hydrogens (primary N) is 1. The smallest absolute Gasteiger partial charge is 0.175 e. The predicted molar refractivity (Wildman–Crippen MR) is 47.5 cm³/mol. The fourth-order valence-electron chi connectivity index (χ4n) is 1.60. The summed E-state index contributed by atoms with van der Waals surface area (Å²) in [4.78, 5) is 0. The van der Waals surface area contributed by atoms with E-state index >= 15 is 0 Å². The third-order valence-electron chi connectivity index (χ3n) is 2.40. The van der Waals surface area contributed by atoms with E-state index < -0.39 is 30.6 Å². The van der Waals surface area contributed by atoms with E-state index in [4.69, 9.17) is 25.1 Å². The third kappa shape index (κ3) is 2.05.